The van der Waals surface area contributed by atoms with Crippen LogP contribution in [0.2, 0.25) is 0 Å². The van der Waals surface area contributed by atoms with Gasteiger partial charge in [0.15, 0.2) is 0 Å². The number of halogens is 1. The number of fused-ring (bicyclic) bond motifs is 1. The standard InChI is InChI=1S/C13H15FN6O5S/c14-8-2-1-7-5-10(9(7)6-8)17-12(18-21)11-13(20-25-19-11)24-4-3-16-26(15,22)23/h1-2,6,10,16,21H,3-5H2,(H,17,18)(H2,15,22,23). The first-order chi connectivity index (χ1) is 12.4. The molecule has 0 saturated carbocycles. The second-order valence-corrected chi connectivity index (χ2v) is 6.78. The molecule has 1 unspecified atom stereocenters. The van der Waals surface area contributed by atoms with Crippen LogP contribution in [-0.4, -0.2) is 42.9 Å². The van der Waals surface area contributed by atoms with Crippen molar-refractivity contribution in [2.45, 2.75) is 12.5 Å². The minimum absolute atomic E-state index is 0.0204. The topological polar surface area (TPSA) is 165 Å². The number of nitrogens with zero attached hydrogens (tertiary/aromatic N) is 3. The van der Waals surface area contributed by atoms with Gasteiger partial charge in [-0.05, 0) is 40.0 Å². The first-order valence-electron chi connectivity index (χ1n) is 7.37. The monoisotopic (exact) mass is 386 g/mol. The largest absolute Gasteiger partial charge is 0.472 e. The van der Waals surface area contributed by atoms with Crippen LogP contribution >= 0.6 is 0 Å². The Morgan fingerprint density at radius 2 is 2.31 bits per heavy atom. The van der Waals surface area contributed by atoms with E-state index in [4.69, 9.17) is 9.88 Å². The van der Waals surface area contributed by atoms with E-state index in [1.54, 1.807) is 6.07 Å². The fourth-order valence-corrected chi connectivity index (χ4v) is 2.83. The van der Waals surface area contributed by atoms with Crippen molar-refractivity contribution in [2.75, 3.05) is 13.2 Å². The minimum atomic E-state index is -3.84. The number of hydrogen-bond acceptors (Lipinski definition) is 8. The lowest BCUT2D eigenvalue weighted by Gasteiger charge is -2.31. The van der Waals surface area contributed by atoms with E-state index >= 15 is 0 Å². The average Bonchev–Trinajstić information content (AvgIpc) is 3.02. The normalized spacial score (nSPS) is 16.7. The van der Waals surface area contributed by atoms with Crippen LogP contribution in [0.5, 0.6) is 5.88 Å². The van der Waals surface area contributed by atoms with E-state index in [1.807, 2.05) is 4.72 Å². The van der Waals surface area contributed by atoms with E-state index in [-0.39, 0.29) is 42.4 Å². The number of oxime groups is 1. The summed E-state index contributed by atoms with van der Waals surface area (Å²) in [5, 5.41) is 27.2. The molecule has 0 fully saturated rings. The van der Waals surface area contributed by atoms with Gasteiger partial charge in [0.1, 0.15) is 12.4 Å². The van der Waals surface area contributed by atoms with Crippen LogP contribution in [0.25, 0.3) is 0 Å². The molecule has 0 aliphatic heterocycles. The molecule has 1 aliphatic carbocycles. The third-order valence-corrected chi connectivity index (χ3v) is 4.25. The van der Waals surface area contributed by atoms with E-state index in [0.29, 0.717) is 6.42 Å². The summed E-state index contributed by atoms with van der Waals surface area (Å²) in [4.78, 5) is 0. The summed E-state index contributed by atoms with van der Waals surface area (Å²) in [6.45, 7) is -0.229. The molecule has 0 bridgehead atoms. The Balaban J connectivity index is 1.64. The van der Waals surface area contributed by atoms with Crippen molar-refractivity contribution in [1.82, 2.24) is 20.4 Å². The summed E-state index contributed by atoms with van der Waals surface area (Å²) < 4.78 is 46.7. The number of benzene rings is 1. The summed E-state index contributed by atoms with van der Waals surface area (Å²) >= 11 is 0. The van der Waals surface area contributed by atoms with Gasteiger partial charge in [0.2, 0.25) is 11.5 Å². The summed E-state index contributed by atoms with van der Waals surface area (Å²) in [5.41, 5.74) is 1.69. The molecular formula is C13H15FN6O5S. The number of amidine groups is 1. The predicted molar refractivity (Wildman–Crippen MR) is 85.2 cm³/mol. The van der Waals surface area contributed by atoms with Crippen LogP contribution in [0.15, 0.2) is 28.0 Å². The maximum atomic E-state index is 13.3. The summed E-state index contributed by atoms with van der Waals surface area (Å²) in [6.07, 6.45) is 0.606. The van der Waals surface area contributed by atoms with Crippen molar-refractivity contribution in [3.63, 3.8) is 0 Å². The highest BCUT2D eigenvalue weighted by atomic mass is 32.2. The lowest BCUT2D eigenvalue weighted by Crippen LogP contribution is -2.37. The van der Waals surface area contributed by atoms with Crippen molar-refractivity contribution in [3.05, 3.63) is 40.8 Å². The molecule has 11 nitrogen and oxygen atoms in total. The molecule has 0 radical (unpaired) electrons. The predicted octanol–water partition coefficient (Wildman–Crippen LogP) is -0.597. The second-order valence-electron chi connectivity index (χ2n) is 5.40. The molecule has 1 atom stereocenters. The number of rotatable bonds is 7. The molecule has 1 aliphatic rings. The van der Waals surface area contributed by atoms with Crippen molar-refractivity contribution in [2.24, 2.45) is 10.3 Å². The average molecular weight is 386 g/mol. The first kappa shape index (κ1) is 18.0. The van der Waals surface area contributed by atoms with Crippen LogP contribution in [0.4, 0.5) is 4.39 Å². The molecule has 0 saturated heterocycles. The minimum Gasteiger partial charge on any atom is -0.472 e. The van der Waals surface area contributed by atoms with Gasteiger partial charge in [-0.15, -0.1) is 0 Å². The van der Waals surface area contributed by atoms with Gasteiger partial charge in [-0.1, -0.05) is 11.2 Å². The smallest absolute Gasteiger partial charge is 0.287 e. The summed E-state index contributed by atoms with van der Waals surface area (Å²) in [6, 6.07) is 4.17. The molecule has 13 heteroatoms. The van der Waals surface area contributed by atoms with Gasteiger partial charge in [0, 0.05) is 6.54 Å². The third-order valence-electron chi connectivity index (χ3n) is 3.65. The Bertz CT molecular complexity index is 931. The van der Waals surface area contributed by atoms with Crippen LogP contribution in [-0.2, 0) is 16.6 Å². The highest BCUT2D eigenvalue weighted by molar-refractivity contribution is 7.87. The van der Waals surface area contributed by atoms with E-state index in [9.17, 15) is 18.0 Å². The molecule has 2 aromatic rings. The van der Waals surface area contributed by atoms with Gasteiger partial charge >= 0.3 is 0 Å². The quantitative estimate of drug-likeness (QED) is 0.161. The van der Waals surface area contributed by atoms with Crippen molar-refractivity contribution in [3.8, 4) is 5.88 Å². The number of ether oxygens (including phenoxy) is 1. The Kier molecular flexibility index (Phi) is 5.01. The molecule has 140 valence electrons. The van der Waals surface area contributed by atoms with Crippen LogP contribution < -0.4 is 19.9 Å². The van der Waals surface area contributed by atoms with Crippen LogP contribution in [0.1, 0.15) is 22.9 Å². The molecule has 0 spiro atoms. The zero-order valence-electron chi connectivity index (χ0n) is 13.2. The Morgan fingerprint density at radius 1 is 1.50 bits per heavy atom. The van der Waals surface area contributed by atoms with Gasteiger partial charge in [-0.25, -0.2) is 14.2 Å². The van der Waals surface area contributed by atoms with Gasteiger partial charge in [-0.2, -0.15) is 13.1 Å². The molecule has 0 amide bonds. The molecule has 1 heterocycles. The van der Waals surface area contributed by atoms with Crippen molar-refractivity contribution < 1.29 is 27.4 Å². The first-order valence-corrected chi connectivity index (χ1v) is 8.92. The van der Waals surface area contributed by atoms with Gasteiger partial charge in [0.25, 0.3) is 16.1 Å². The lowest BCUT2D eigenvalue weighted by atomic mass is 9.83. The third kappa shape index (κ3) is 4.07. The van der Waals surface area contributed by atoms with Crippen LogP contribution in [0.3, 0.4) is 0 Å². The Hall–Kier alpha value is -2.77. The fourth-order valence-electron chi connectivity index (χ4n) is 2.46. The Labute approximate surface area is 147 Å². The molecule has 1 aromatic heterocycles. The molecular weight excluding hydrogens is 371 g/mol. The van der Waals surface area contributed by atoms with Gasteiger partial charge in [0.05, 0.1) is 6.04 Å². The Morgan fingerprint density at radius 3 is 3.04 bits per heavy atom. The maximum Gasteiger partial charge on any atom is 0.287 e. The van der Waals surface area contributed by atoms with Crippen LogP contribution in [0, 0.1) is 5.82 Å². The summed E-state index contributed by atoms with van der Waals surface area (Å²) in [7, 11) is -3.84. The maximum absolute atomic E-state index is 13.3. The van der Waals surface area contributed by atoms with Crippen molar-refractivity contribution in [1.29, 1.82) is 0 Å². The number of hydrogen-bond donors (Lipinski definition) is 4. The molecule has 5 N–H and O–H groups in total. The molecule has 1 aromatic carbocycles. The molecule has 26 heavy (non-hydrogen) atoms. The highest BCUT2D eigenvalue weighted by Gasteiger charge is 2.30. The van der Waals surface area contributed by atoms with E-state index in [2.05, 4.69) is 25.4 Å². The number of nitrogens with two attached hydrogens (primary N) is 1. The molecule has 3 rings (SSSR count). The highest BCUT2D eigenvalue weighted by Crippen LogP contribution is 2.33. The van der Waals surface area contributed by atoms with Gasteiger partial charge < -0.3 is 15.3 Å². The van der Waals surface area contributed by atoms with E-state index in [1.165, 1.54) is 12.1 Å². The number of nitrogens with one attached hydrogen (secondary N) is 2. The zero-order chi connectivity index (χ0) is 18.7. The fraction of sp³-hybridized carbons (Fsp3) is 0.308. The SMILES string of the molecule is NS(=O)(=O)NCCOc1nonc1/C(=N/O)NC1Cc2ccc(F)cc21. The summed E-state index contributed by atoms with van der Waals surface area (Å²) in [5.74, 6) is -0.562. The second kappa shape index (κ2) is 7.23. The lowest BCUT2D eigenvalue weighted by molar-refractivity contribution is 0.258. The zero-order valence-corrected chi connectivity index (χ0v) is 14.0. The van der Waals surface area contributed by atoms with Crippen molar-refractivity contribution >= 4 is 16.0 Å². The van der Waals surface area contributed by atoms with E-state index < -0.39 is 10.2 Å². The van der Waals surface area contributed by atoms with Gasteiger partial charge in [-0.3, -0.25) is 0 Å². The number of aromatic nitrogens is 2. The van der Waals surface area contributed by atoms with E-state index in [0.717, 1.165) is 11.1 Å².